The molecule has 2 nitrogen and oxygen atoms in total. The van der Waals surface area contributed by atoms with E-state index in [4.69, 9.17) is 0 Å². The lowest BCUT2D eigenvalue weighted by Crippen LogP contribution is -2.30. The standard InChI is InChI=1S/C14H23NOS/c1-11(9-10-17-4)15(3)14-8-6-5-7-13(14)12(2)16/h5-8,11-12,16H,9-10H2,1-4H3/t11?,12-/m1/s1. The van der Waals surface area contributed by atoms with Crippen LogP contribution in [-0.2, 0) is 0 Å². The zero-order valence-corrected chi connectivity index (χ0v) is 12.0. The molecule has 1 rings (SSSR count). The van der Waals surface area contributed by atoms with Crippen molar-refractivity contribution in [3.63, 3.8) is 0 Å². The summed E-state index contributed by atoms with van der Waals surface area (Å²) in [5.74, 6) is 1.17. The van der Waals surface area contributed by atoms with Crippen molar-refractivity contribution >= 4 is 17.4 Å². The molecule has 0 heterocycles. The van der Waals surface area contributed by atoms with E-state index < -0.39 is 6.10 Å². The summed E-state index contributed by atoms with van der Waals surface area (Å²) in [4.78, 5) is 2.26. The van der Waals surface area contributed by atoms with E-state index in [0.29, 0.717) is 6.04 Å². The Morgan fingerprint density at radius 1 is 1.29 bits per heavy atom. The molecule has 2 atom stereocenters. The third kappa shape index (κ3) is 3.93. The molecular weight excluding hydrogens is 230 g/mol. The maximum Gasteiger partial charge on any atom is 0.0781 e. The lowest BCUT2D eigenvalue weighted by Gasteiger charge is -2.29. The van der Waals surface area contributed by atoms with Crippen molar-refractivity contribution in [1.29, 1.82) is 0 Å². The molecule has 1 aromatic carbocycles. The first-order valence-corrected chi connectivity index (χ1v) is 7.46. The number of thioether (sulfide) groups is 1. The van der Waals surface area contributed by atoms with E-state index in [-0.39, 0.29) is 0 Å². The van der Waals surface area contributed by atoms with Crippen molar-refractivity contribution in [1.82, 2.24) is 0 Å². The van der Waals surface area contributed by atoms with Crippen LogP contribution in [0.25, 0.3) is 0 Å². The Balaban J connectivity index is 2.83. The van der Waals surface area contributed by atoms with Gasteiger partial charge in [0, 0.05) is 24.3 Å². The molecular formula is C14H23NOS. The van der Waals surface area contributed by atoms with Gasteiger partial charge in [0.05, 0.1) is 6.10 Å². The molecule has 0 fully saturated rings. The number of hydrogen-bond donors (Lipinski definition) is 1. The van der Waals surface area contributed by atoms with Crippen LogP contribution >= 0.6 is 11.8 Å². The maximum absolute atomic E-state index is 9.78. The van der Waals surface area contributed by atoms with Gasteiger partial charge < -0.3 is 10.0 Å². The number of rotatable bonds is 6. The van der Waals surface area contributed by atoms with Crippen molar-refractivity contribution in [2.75, 3.05) is 24.0 Å². The minimum absolute atomic E-state index is 0.415. The smallest absolute Gasteiger partial charge is 0.0781 e. The van der Waals surface area contributed by atoms with Crippen molar-refractivity contribution in [3.05, 3.63) is 29.8 Å². The largest absolute Gasteiger partial charge is 0.389 e. The molecule has 0 radical (unpaired) electrons. The van der Waals surface area contributed by atoms with Gasteiger partial charge >= 0.3 is 0 Å². The number of hydrogen-bond acceptors (Lipinski definition) is 3. The van der Waals surface area contributed by atoms with Gasteiger partial charge in [-0.05, 0) is 38.3 Å². The fourth-order valence-electron chi connectivity index (χ4n) is 1.88. The number of nitrogens with zero attached hydrogens (tertiary/aromatic N) is 1. The highest BCUT2D eigenvalue weighted by Gasteiger charge is 2.15. The summed E-state index contributed by atoms with van der Waals surface area (Å²) in [5.41, 5.74) is 2.14. The predicted octanol–water partition coefficient (Wildman–Crippen LogP) is 3.32. The van der Waals surface area contributed by atoms with E-state index in [0.717, 1.165) is 17.7 Å². The molecule has 1 unspecified atom stereocenters. The monoisotopic (exact) mass is 253 g/mol. The molecule has 3 heteroatoms. The van der Waals surface area contributed by atoms with Gasteiger partial charge in [0.25, 0.3) is 0 Å². The Morgan fingerprint density at radius 2 is 1.94 bits per heavy atom. The van der Waals surface area contributed by atoms with Gasteiger partial charge in [0.2, 0.25) is 0 Å². The second-order valence-electron chi connectivity index (χ2n) is 4.48. The van der Waals surface area contributed by atoms with Gasteiger partial charge in [0.15, 0.2) is 0 Å². The van der Waals surface area contributed by atoms with Gasteiger partial charge in [-0.1, -0.05) is 18.2 Å². The zero-order valence-electron chi connectivity index (χ0n) is 11.2. The van der Waals surface area contributed by atoms with Crippen molar-refractivity contribution in [3.8, 4) is 0 Å². The van der Waals surface area contributed by atoms with Crippen LogP contribution in [0.3, 0.4) is 0 Å². The van der Waals surface area contributed by atoms with Gasteiger partial charge in [0.1, 0.15) is 0 Å². The highest BCUT2D eigenvalue weighted by atomic mass is 32.2. The van der Waals surface area contributed by atoms with E-state index in [1.54, 1.807) is 0 Å². The summed E-state index contributed by atoms with van der Waals surface area (Å²) >= 11 is 1.88. The molecule has 0 saturated carbocycles. The molecule has 96 valence electrons. The molecule has 0 bridgehead atoms. The topological polar surface area (TPSA) is 23.5 Å². The maximum atomic E-state index is 9.78. The minimum Gasteiger partial charge on any atom is -0.389 e. The van der Waals surface area contributed by atoms with Crippen molar-refractivity contribution in [2.24, 2.45) is 0 Å². The molecule has 1 aromatic rings. The first kappa shape index (κ1) is 14.4. The summed E-state index contributed by atoms with van der Waals surface area (Å²) < 4.78 is 0. The highest BCUT2D eigenvalue weighted by Crippen LogP contribution is 2.27. The number of benzene rings is 1. The number of aliphatic hydroxyl groups excluding tert-OH is 1. The molecule has 0 aliphatic heterocycles. The molecule has 0 aliphatic rings. The van der Waals surface area contributed by atoms with Gasteiger partial charge in [-0.25, -0.2) is 0 Å². The van der Waals surface area contributed by atoms with E-state index in [1.165, 1.54) is 5.75 Å². The first-order valence-electron chi connectivity index (χ1n) is 6.06. The average molecular weight is 253 g/mol. The van der Waals surface area contributed by atoms with Gasteiger partial charge in [-0.3, -0.25) is 0 Å². The molecule has 0 aromatic heterocycles. The first-order chi connectivity index (χ1) is 8.07. The zero-order chi connectivity index (χ0) is 12.8. The van der Waals surface area contributed by atoms with Crippen LogP contribution in [0.5, 0.6) is 0 Å². The Kier molecular flexibility index (Phi) is 5.86. The van der Waals surface area contributed by atoms with Crippen LogP contribution in [0, 0.1) is 0 Å². The summed E-state index contributed by atoms with van der Waals surface area (Å²) in [6.45, 7) is 4.05. The van der Waals surface area contributed by atoms with E-state index in [1.807, 2.05) is 36.9 Å². The normalized spacial score (nSPS) is 14.4. The summed E-state index contributed by atoms with van der Waals surface area (Å²) in [7, 11) is 2.10. The van der Waals surface area contributed by atoms with Crippen LogP contribution in [0.15, 0.2) is 24.3 Å². The molecule has 1 N–H and O–H groups in total. The molecule has 0 amide bonds. The second kappa shape index (κ2) is 6.92. The number of para-hydroxylation sites is 1. The third-order valence-corrected chi connectivity index (χ3v) is 3.81. The number of aliphatic hydroxyl groups is 1. The lowest BCUT2D eigenvalue weighted by atomic mass is 10.1. The molecule has 17 heavy (non-hydrogen) atoms. The van der Waals surface area contributed by atoms with Crippen molar-refractivity contribution < 1.29 is 5.11 Å². The summed E-state index contributed by atoms with van der Waals surface area (Å²) in [6, 6.07) is 8.57. The van der Waals surface area contributed by atoms with E-state index in [2.05, 4.69) is 31.2 Å². The predicted molar refractivity (Wildman–Crippen MR) is 77.9 cm³/mol. The Bertz CT molecular complexity index is 341. The fourth-order valence-corrected chi connectivity index (χ4v) is 2.46. The minimum atomic E-state index is -0.415. The van der Waals surface area contributed by atoms with Crippen LogP contribution < -0.4 is 4.90 Å². The van der Waals surface area contributed by atoms with Crippen LogP contribution in [0.1, 0.15) is 31.9 Å². The third-order valence-electron chi connectivity index (χ3n) is 3.17. The quantitative estimate of drug-likeness (QED) is 0.841. The SMILES string of the molecule is CSCCC(C)N(C)c1ccccc1[C@@H](C)O. The Morgan fingerprint density at radius 3 is 2.53 bits per heavy atom. The van der Waals surface area contributed by atoms with Crippen LogP contribution in [0.4, 0.5) is 5.69 Å². The Hall–Kier alpha value is -0.670. The van der Waals surface area contributed by atoms with E-state index >= 15 is 0 Å². The van der Waals surface area contributed by atoms with E-state index in [9.17, 15) is 5.11 Å². The van der Waals surface area contributed by atoms with Gasteiger partial charge in [-0.15, -0.1) is 0 Å². The lowest BCUT2D eigenvalue weighted by molar-refractivity contribution is 0.199. The fraction of sp³-hybridized carbons (Fsp3) is 0.571. The molecule has 0 spiro atoms. The average Bonchev–Trinajstić information content (AvgIpc) is 2.34. The highest BCUT2D eigenvalue weighted by molar-refractivity contribution is 7.98. The molecule has 0 saturated heterocycles. The van der Waals surface area contributed by atoms with Crippen LogP contribution in [0.2, 0.25) is 0 Å². The second-order valence-corrected chi connectivity index (χ2v) is 5.46. The molecule has 0 aliphatic carbocycles. The Labute approximate surface area is 109 Å². The number of anilines is 1. The summed E-state index contributed by atoms with van der Waals surface area (Å²) in [5, 5.41) is 9.78. The van der Waals surface area contributed by atoms with Gasteiger partial charge in [-0.2, -0.15) is 11.8 Å². The van der Waals surface area contributed by atoms with Crippen LogP contribution in [-0.4, -0.2) is 30.2 Å². The summed E-state index contributed by atoms with van der Waals surface area (Å²) in [6.07, 6.45) is 2.88. The van der Waals surface area contributed by atoms with Crippen molar-refractivity contribution in [2.45, 2.75) is 32.4 Å².